The molecular formula is C17H27NO. The van der Waals surface area contributed by atoms with Crippen LogP contribution in [0.3, 0.4) is 0 Å². The second-order valence-corrected chi connectivity index (χ2v) is 5.79. The fourth-order valence-corrected chi connectivity index (χ4v) is 3.21. The van der Waals surface area contributed by atoms with Crippen molar-refractivity contribution in [2.24, 2.45) is 0 Å². The third kappa shape index (κ3) is 2.94. The highest BCUT2D eigenvalue weighted by Crippen LogP contribution is 2.40. The lowest BCUT2D eigenvalue weighted by molar-refractivity contribution is 0.385. The van der Waals surface area contributed by atoms with E-state index in [1.807, 2.05) is 7.11 Å². The Bertz CT molecular complexity index is 420. The number of methoxy groups -OCH3 is 1. The van der Waals surface area contributed by atoms with Gasteiger partial charge in [0.25, 0.3) is 0 Å². The maximum atomic E-state index is 5.79. The number of ether oxygens (including phenoxy) is 1. The van der Waals surface area contributed by atoms with Gasteiger partial charge in [-0.2, -0.15) is 0 Å². The molecule has 0 bridgehead atoms. The second-order valence-electron chi connectivity index (χ2n) is 5.79. The molecule has 0 aromatic heterocycles. The van der Waals surface area contributed by atoms with E-state index in [1.165, 1.54) is 29.5 Å². The van der Waals surface area contributed by atoms with E-state index in [0.29, 0.717) is 11.8 Å². The standard InChI is InChI=1S/C17H27NO/c1-5-13-6-7-15(12(2)3)16(17(13)19-4)14-8-10-18-11-9-14/h6-7,12,14,18H,5,8-11H2,1-4H3. The third-order valence-corrected chi connectivity index (χ3v) is 4.27. The van der Waals surface area contributed by atoms with Crippen molar-refractivity contribution in [1.29, 1.82) is 0 Å². The molecule has 1 saturated heterocycles. The Labute approximate surface area is 117 Å². The van der Waals surface area contributed by atoms with Crippen LogP contribution >= 0.6 is 0 Å². The van der Waals surface area contributed by atoms with E-state index in [0.717, 1.165) is 25.3 Å². The molecule has 1 aliphatic heterocycles. The summed E-state index contributed by atoms with van der Waals surface area (Å²) in [4.78, 5) is 0. The molecule has 0 spiro atoms. The molecular weight excluding hydrogens is 234 g/mol. The van der Waals surface area contributed by atoms with Gasteiger partial charge in [-0.25, -0.2) is 0 Å². The summed E-state index contributed by atoms with van der Waals surface area (Å²) < 4.78 is 5.79. The summed E-state index contributed by atoms with van der Waals surface area (Å²) in [5, 5.41) is 3.46. The first-order valence-electron chi connectivity index (χ1n) is 7.59. The molecule has 2 rings (SSSR count). The average Bonchev–Trinajstić information content (AvgIpc) is 2.46. The molecule has 1 aromatic carbocycles. The van der Waals surface area contributed by atoms with Gasteiger partial charge in [0.2, 0.25) is 0 Å². The van der Waals surface area contributed by atoms with Crippen LogP contribution < -0.4 is 10.1 Å². The van der Waals surface area contributed by atoms with Gasteiger partial charge in [-0.3, -0.25) is 0 Å². The Morgan fingerprint density at radius 1 is 1.26 bits per heavy atom. The first kappa shape index (κ1) is 14.4. The Morgan fingerprint density at radius 2 is 1.95 bits per heavy atom. The molecule has 1 fully saturated rings. The van der Waals surface area contributed by atoms with Crippen LogP contribution in [0.2, 0.25) is 0 Å². The smallest absolute Gasteiger partial charge is 0.125 e. The number of hydrogen-bond acceptors (Lipinski definition) is 2. The van der Waals surface area contributed by atoms with Crippen LogP contribution in [0.4, 0.5) is 0 Å². The minimum atomic E-state index is 0.560. The normalized spacial score (nSPS) is 16.9. The van der Waals surface area contributed by atoms with Gasteiger partial charge in [0.05, 0.1) is 7.11 Å². The van der Waals surface area contributed by atoms with Gasteiger partial charge >= 0.3 is 0 Å². The molecule has 0 unspecified atom stereocenters. The van der Waals surface area contributed by atoms with Crippen LogP contribution in [0.25, 0.3) is 0 Å². The third-order valence-electron chi connectivity index (χ3n) is 4.27. The zero-order chi connectivity index (χ0) is 13.8. The average molecular weight is 261 g/mol. The van der Waals surface area contributed by atoms with Gasteiger partial charge in [-0.1, -0.05) is 32.9 Å². The molecule has 1 N–H and O–H groups in total. The monoisotopic (exact) mass is 261 g/mol. The Hall–Kier alpha value is -1.02. The summed E-state index contributed by atoms with van der Waals surface area (Å²) in [6, 6.07) is 4.57. The summed E-state index contributed by atoms with van der Waals surface area (Å²) in [5.41, 5.74) is 4.31. The zero-order valence-corrected chi connectivity index (χ0v) is 12.8. The van der Waals surface area contributed by atoms with E-state index in [-0.39, 0.29) is 0 Å². The van der Waals surface area contributed by atoms with Crippen molar-refractivity contribution in [2.45, 2.75) is 51.9 Å². The molecule has 0 aliphatic carbocycles. The summed E-state index contributed by atoms with van der Waals surface area (Å²) in [7, 11) is 1.82. The van der Waals surface area contributed by atoms with E-state index in [4.69, 9.17) is 4.74 Å². The fourth-order valence-electron chi connectivity index (χ4n) is 3.21. The molecule has 2 nitrogen and oxygen atoms in total. The zero-order valence-electron chi connectivity index (χ0n) is 12.8. The van der Waals surface area contributed by atoms with Crippen LogP contribution in [0, 0.1) is 0 Å². The van der Waals surface area contributed by atoms with Gasteiger partial charge in [0, 0.05) is 5.56 Å². The first-order chi connectivity index (χ1) is 9.19. The maximum Gasteiger partial charge on any atom is 0.125 e. The maximum absolute atomic E-state index is 5.79. The molecule has 0 atom stereocenters. The summed E-state index contributed by atoms with van der Waals surface area (Å²) >= 11 is 0. The number of nitrogens with one attached hydrogen (secondary N) is 1. The quantitative estimate of drug-likeness (QED) is 0.889. The second kappa shape index (κ2) is 6.42. The van der Waals surface area contributed by atoms with Gasteiger partial charge in [0.15, 0.2) is 0 Å². The van der Waals surface area contributed by atoms with Crippen molar-refractivity contribution in [2.75, 3.05) is 20.2 Å². The minimum Gasteiger partial charge on any atom is -0.496 e. The highest BCUT2D eigenvalue weighted by molar-refractivity contribution is 5.50. The molecule has 2 heteroatoms. The molecule has 19 heavy (non-hydrogen) atoms. The number of piperidine rings is 1. The molecule has 0 radical (unpaired) electrons. The van der Waals surface area contributed by atoms with Crippen LogP contribution in [0.1, 0.15) is 62.1 Å². The fraction of sp³-hybridized carbons (Fsp3) is 0.647. The van der Waals surface area contributed by atoms with Crippen molar-refractivity contribution in [1.82, 2.24) is 5.32 Å². The lowest BCUT2D eigenvalue weighted by Crippen LogP contribution is -2.27. The minimum absolute atomic E-state index is 0.560. The first-order valence-corrected chi connectivity index (χ1v) is 7.59. The molecule has 1 heterocycles. The molecule has 106 valence electrons. The summed E-state index contributed by atoms with van der Waals surface area (Å²) in [6.07, 6.45) is 3.49. The van der Waals surface area contributed by atoms with Gasteiger partial charge in [-0.15, -0.1) is 0 Å². The van der Waals surface area contributed by atoms with Crippen molar-refractivity contribution >= 4 is 0 Å². The molecule has 1 aromatic rings. The topological polar surface area (TPSA) is 21.3 Å². The van der Waals surface area contributed by atoms with Crippen LogP contribution in [-0.2, 0) is 6.42 Å². The Balaban J connectivity index is 2.51. The van der Waals surface area contributed by atoms with Gasteiger partial charge in [0.1, 0.15) is 5.75 Å². The van der Waals surface area contributed by atoms with Crippen molar-refractivity contribution in [3.05, 3.63) is 28.8 Å². The van der Waals surface area contributed by atoms with E-state index in [2.05, 4.69) is 38.2 Å². The predicted octanol–water partition coefficient (Wildman–Crippen LogP) is 3.85. The van der Waals surface area contributed by atoms with Crippen molar-refractivity contribution < 1.29 is 4.74 Å². The summed E-state index contributed by atoms with van der Waals surface area (Å²) in [5.74, 6) is 2.37. The highest BCUT2D eigenvalue weighted by atomic mass is 16.5. The SMILES string of the molecule is CCc1ccc(C(C)C)c(C2CCNCC2)c1OC. The number of hydrogen-bond donors (Lipinski definition) is 1. The lowest BCUT2D eigenvalue weighted by atomic mass is 9.82. The van der Waals surface area contributed by atoms with E-state index in [1.54, 1.807) is 0 Å². The van der Waals surface area contributed by atoms with Gasteiger partial charge < -0.3 is 10.1 Å². The van der Waals surface area contributed by atoms with E-state index >= 15 is 0 Å². The number of benzene rings is 1. The van der Waals surface area contributed by atoms with Gasteiger partial charge in [-0.05, 0) is 55.3 Å². The van der Waals surface area contributed by atoms with Crippen molar-refractivity contribution in [3.63, 3.8) is 0 Å². The van der Waals surface area contributed by atoms with Crippen LogP contribution in [0.15, 0.2) is 12.1 Å². The Morgan fingerprint density at radius 3 is 2.47 bits per heavy atom. The lowest BCUT2D eigenvalue weighted by Gasteiger charge is -2.29. The number of aryl methyl sites for hydroxylation is 1. The predicted molar refractivity (Wildman–Crippen MR) is 81.3 cm³/mol. The largest absolute Gasteiger partial charge is 0.496 e. The number of rotatable bonds is 4. The molecule has 1 aliphatic rings. The Kier molecular flexibility index (Phi) is 4.87. The molecule has 0 saturated carbocycles. The van der Waals surface area contributed by atoms with Crippen LogP contribution in [-0.4, -0.2) is 20.2 Å². The van der Waals surface area contributed by atoms with Crippen LogP contribution in [0.5, 0.6) is 5.75 Å². The van der Waals surface area contributed by atoms with E-state index in [9.17, 15) is 0 Å². The van der Waals surface area contributed by atoms with E-state index < -0.39 is 0 Å². The summed E-state index contributed by atoms with van der Waals surface area (Å²) in [6.45, 7) is 9.03. The van der Waals surface area contributed by atoms with Crippen molar-refractivity contribution in [3.8, 4) is 5.75 Å². The molecule has 0 amide bonds. The highest BCUT2D eigenvalue weighted by Gasteiger charge is 2.24.